The van der Waals surface area contributed by atoms with Crippen LogP contribution in [0, 0.1) is 11.3 Å². The monoisotopic (exact) mass is 286 g/mol. The molecule has 2 aromatic rings. The quantitative estimate of drug-likeness (QED) is 0.645. The van der Waals surface area contributed by atoms with Gasteiger partial charge in [-0.15, -0.1) is 0 Å². The Morgan fingerprint density at radius 3 is 2.71 bits per heavy atom. The average molecular weight is 286 g/mol. The van der Waals surface area contributed by atoms with Crippen molar-refractivity contribution in [1.29, 1.82) is 5.26 Å². The summed E-state index contributed by atoms with van der Waals surface area (Å²) < 4.78 is 10.2. The molecule has 2 rings (SSSR count). The minimum Gasteiger partial charge on any atom is -0.466 e. The van der Waals surface area contributed by atoms with Gasteiger partial charge in [0.1, 0.15) is 28.8 Å². The van der Waals surface area contributed by atoms with Crippen LogP contribution < -0.4 is 5.32 Å². The standard InChI is InChI=1S/C15H14N2O4/c1-15(19,13-5-3-7-21-13)10-17-14(18)11(9-16)8-12-4-2-6-20-12/h2-8,19H,10H2,1H3,(H,17,18)/b11-8+. The Labute approximate surface area is 121 Å². The van der Waals surface area contributed by atoms with E-state index in [9.17, 15) is 9.90 Å². The van der Waals surface area contributed by atoms with Crippen LogP contribution in [0.3, 0.4) is 0 Å². The maximum absolute atomic E-state index is 11.9. The number of nitrogens with zero attached hydrogens (tertiary/aromatic N) is 1. The van der Waals surface area contributed by atoms with Crippen molar-refractivity contribution in [2.75, 3.05) is 6.54 Å². The number of nitriles is 1. The van der Waals surface area contributed by atoms with E-state index in [4.69, 9.17) is 14.1 Å². The highest BCUT2D eigenvalue weighted by Gasteiger charge is 2.27. The molecule has 2 heterocycles. The topological polar surface area (TPSA) is 99.4 Å². The van der Waals surface area contributed by atoms with Gasteiger partial charge in [0, 0.05) is 6.08 Å². The summed E-state index contributed by atoms with van der Waals surface area (Å²) in [5.41, 5.74) is -1.47. The zero-order valence-electron chi connectivity index (χ0n) is 11.4. The SMILES string of the molecule is CC(O)(CNC(=O)/C(C#N)=C/c1ccco1)c1ccco1. The molecule has 0 spiro atoms. The van der Waals surface area contributed by atoms with Crippen molar-refractivity contribution >= 4 is 12.0 Å². The van der Waals surface area contributed by atoms with Gasteiger partial charge in [0.25, 0.3) is 5.91 Å². The summed E-state index contributed by atoms with van der Waals surface area (Å²) in [6.45, 7) is 1.42. The number of furan rings is 2. The summed E-state index contributed by atoms with van der Waals surface area (Å²) in [6, 6.07) is 8.33. The van der Waals surface area contributed by atoms with Gasteiger partial charge in [-0.3, -0.25) is 4.79 Å². The van der Waals surface area contributed by atoms with Gasteiger partial charge in [-0.1, -0.05) is 0 Å². The fourth-order valence-corrected chi connectivity index (χ4v) is 1.68. The van der Waals surface area contributed by atoms with Gasteiger partial charge in [0.2, 0.25) is 0 Å². The number of carbonyl (C=O) groups is 1. The Balaban J connectivity index is 2.03. The smallest absolute Gasteiger partial charge is 0.262 e. The van der Waals surface area contributed by atoms with Crippen LogP contribution in [-0.2, 0) is 10.4 Å². The van der Waals surface area contributed by atoms with E-state index in [1.807, 2.05) is 0 Å². The summed E-state index contributed by atoms with van der Waals surface area (Å²) in [7, 11) is 0. The van der Waals surface area contributed by atoms with E-state index < -0.39 is 11.5 Å². The lowest BCUT2D eigenvalue weighted by Gasteiger charge is -2.20. The highest BCUT2D eigenvalue weighted by atomic mass is 16.4. The molecule has 1 atom stereocenters. The van der Waals surface area contributed by atoms with Gasteiger partial charge in [-0.2, -0.15) is 5.26 Å². The van der Waals surface area contributed by atoms with Crippen molar-refractivity contribution in [3.05, 3.63) is 53.9 Å². The fourth-order valence-electron chi connectivity index (χ4n) is 1.68. The van der Waals surface area contributed by atoms with Gasteiger partial charge in [0.15, 0.2) is 0 Å². The Bertz CT molecular complexity index is 661. The maximum Gasteiger partial charge on any atom is 0.262 e. The number of nitrogens with one attached hydrogen (secondary N) is 1. The lowest BCUT2D eigenvalue weighted by Crippen LogP contribution is -2.38. The molecule has 0 bridgehead atoms. The van der Waals surface area contributed by atoms with E-state index in [0.717, 1.165) is 0 Å². The number of amides is 1. The zero-order chi connectivity index (χ0) is 15.3. The van der Waals surface area contributed by atoms with Crippen LogP contribution in [0.4, 0.5) is 0 Å². The molecule has 2 N–H and O–H groups in total. The highest BCUT2D eigenvalue weighted by Crippen LogP contribution is 2.20. The minimum atomic E-state index is -1.36. The number of rotatable bonds is 5. The molecule has 6 heteroatoms. The first-order valence-electron chi connectivity index (χ1n) is 6.23. The second kappa shape index (κ2) is 6.11. The normalized spacial score (nSPS) is 14.2. The van der Waals surface area contributed by atoms with Crippen LogP contribution in [0.2, 0.25) is 0 Å². The van der Waals surface area contributed by atoms with Gasteiger partial charge >= 0.3 is 0 Å². The second-order valence-electron chi connectivity index (χ2n) is 4.62. The molecule has 21 heavy (non-hydrogen) atoms. The fraction of sp³-hybridized carbons (Fsp3) is 0.200. The third-order valence-electron chi connectivity index (χ3n) is 2.84. The summed E-state index contributed by atoms with van der Waals surface area (Å²) in [6.07, 6.45) is 4.21. The lowest BCUT2D eigenvalue weighted by atomic mass is 10.0. The Kier molecular flexibility index (Phi) is 4.26. The first-order chi connectivity index (χ1) is 10.0. The zero-order valence-corrected chi connectivity index (χ0v) is 11.4. The lowest BCUT2D eigenvalue weighted by molar-refractivity contribution is -0.118. The molecular formula is C15H14N2O4. The highest BCUT2D eigenvalue weighted by molar-refractivity contribution is 6.01. The predicted octanol–water partition coefficient (Wildman–Crippen LogP) is 1.80. The molecule has 6 nitrogen and oxygen atoms in total. The molecule has 0 aliphatic rings. The molecular weight excluding hydrogens is 272 g/mol. The van der Waals surface area contributed by atoms with E-state index in [2.05, 4.69) is 5.32 Å². The Morgan fingerprint density at radius 1 is 1.43 bits per heavy atom. The average Bonchev–Trinajstić information content (AvgIpc) is 3.14. The van der Waals surface area contributed by atoms with Gasteiger partial charge < -0.3 is 19.3 Å². The van der Waals surface area contributed by atoms with E-state index in [1.165, 1.54) is 25.5 Å². The van der Waals surface area contributed by atoms with Gasteiger partial charge in [-0.25, -0.2) is 0 Å². The molecule has 0 saturated carbocycles. The molecule has 0 fully saturated rings. The van der Waals surface area contributed by atoms with Crippen molar-refractivity contribution in [2.24, 2.45) is 0 Å². The molecule has 0 aliphatic carbocycles. The molecule has 0 radical (unpaired) electrons. The summed E-state index contributed by atoms with van der Waals surface area (Å²) in [5.74, 6) is 0.136. The minimum absolute atomic E-state index is 0.0868. The number of aliphatic hydroxyl groups is 1. The van der Waals surface area contributed by atoms with Crippen molar-refractivity contribution in [1.82, 2.24) is 5.32 Å². The first kappa shape index (κ1) is 14.6. The number of hydrogen-bond acceptors (Lipinski definition) is 5. The Hall–Kier alpha value is -2.78. The molecule has 1 amide bonds. The van der Waals surface area contributed by atoms with E-state index >= 15 is 0 Å². The Morgan fingerprint density at radius 2 is 2.14 bits per heavy atom. The van der Waals surface area contributed by atoms with Crippen molar-refractivity contribution in [3.8, 4) is 6.07 Å². The van der Waals surface area contributed by atoms with Crippen molar-refractivity contribution in [2.45, 2.75) is 12.5 Å². The largest absolute Gasteiger partial charge is 0.466 e. The van der Waals surface area contributed by atoms with E-state index in [0.29, 0.717) is 11.5 Å². The van der Waals surface area contributed by atoms with Crippen LogP contribution >= 0.6 is 0 Å². The summed E-state index contributed by atoms with van der Waals surface area (Å²) in [4.78, 5) is 11.9. The van der Waals surface area contributed by atoms with Crippen molar-refractivity contribution < 1.29 is 18.7 Å². The van der Waals surface area contributed by atoms with Crippen LogP contribution in [-0.4, -0.2) is 17.6 Å². The molecule has 1 unspecified atom stereocenters. The van der Waals surface area contributed by atoms with Gasteiger partial charge in [-0.05, 0) is 31.2 Å². The molecule has 0 saturated heterocycles. The molecule has 108 valence electrons. The van der Waals surface area contributed by atoms with Crippen molar-refractivity contribution in [3.63, 3.8) is 0 Å². The number of hydrogen-bond donors (Lipinski definition) is 2. The third kappa shape index (κ3) is 3.61. The summed E-state index contributed by atoms with van der Waals surface area (Å²) in [5, 5.41) is 21.7. The predicted molar refractivity (Wildman–Crippen MR) is 73.6 cm³/mol. The maximum atomic E-state index is 11.9. The van der Waals surface area contributed by atoms with E-state index in [1.54, 1.807) is 30.3 Å². The van der Waals surface area contributed by atoms with Crippen LogP contribution in [0.25, 0.3) is 6.08 Å². The van der Waals surface area contributed by atoms with Crippen LogP contribution in [0.5, 0.6) is 0 Å². The van der Waals surface area contributed by atoms with Crippen LogP contribution in [0.1, 0.15) is 18.4 Å². The first-order valence-corrected chi connectivity index (χ1v) is 6.23. The third-order valence-corrected chi connectivity index (χ3v) is 2.84. The summed E-state index contributed by atoms with van der Waals surface area (Å²) >= 11 is 0. The van der Waals surface area contributed by atoms with Crippen LogP contribution in [0.15, 0.2) is 51.2 Å². The van der Waals surface area contributed by atoms with E-state index in [-0.39, 0.29) is 12.1 Å². The molecule has 2 aromatic heterocycles. The molecule has 0 aliphatic heterocycles. The molecule has 0 aromatic carbocycles. The number of carbonyl (C=O) groups excluding carboxylic acids is 1. The van der Waals surface area contributed by atoms with Gasteiger partial charge in [0.05, 0.1) is 19.1 Å². The second-order valence-corrected chi connectivity index (χ2v) is 4.62.